The van der Waals surface area contributed by atoms with Crippen molar-refractivity contribution in [2.24, 2.45) is 0 Å². The Bertz CT molecular complexity index is 671. The number of anilines is 1. The molecule has 150 valence electrons. The Hall–Kier alpha value is -2.29. The third-order valence-electron chi connectivity index (χ3n) is 4.44. The molecule has 0 bridgehead atoms. The van der Waals surface area contributed by atoms with Gasteiger partial charge >= 0.3 is 12.2 Å². The number of hydrogen-bond acceptors (Lipinski definition) is 4. The summed E-state index contributed by atoms with van der Waals surface area (Å²) in [4.78, 5) is 27.6. The number of carbonyl (C=O) groups excluding carboxylic acids is 2. The molecule has 1 aromatic carbocycles. The molecule has 0 saturated carbocycles. The van der Waals surface area contributed by atoms with Crippen LogP contribution in [-0.2, 0) is 11.0 Å². The highest BCUT2D eigenvalue weighted by Gasteiger charge is 2.31. The highest BCUT2D eigenvalue weighted by molar-refractivity contribution is 5.96. The second-order valence-electron chi connectivity index (χ2n) is 6.86. The molecule has 0 radical (unpaired) electrons. The average Bonchev–Trinajstić information content (AvgIpc) is 2.60. The van der Waals surface area contributed by atoms with Crippen molar-refractivity contribution in [1.82, 2.24) is 15.5 Å². The predicted octanol–water partition coefficient (Wildman–Crippen LogP) is 2.45. The summed E-state index contributed by atoms with van der Waals surface area (Å²) in [5, 5.41) is 4.89. The van der Waals surface area contributed by atoms with Gasteiger partial charge < -0.3 is 10.2 Å². The van der Waals surface area contributed by atoms with Crippen molar-refractivity contribution < 1.29 is 22.8 Å². The molecular weight excluding hydrogens is 361 g/mol. The summed E-state index contributed by atoms with van der Waals surface area (Å²) in [6.07, 6.45) is -4.37. The van der Waals surface area contributed by atoms with Crippen LogP contribution in [0.5, 0.6) is 0 Å². The van der Waals surface area contributed by atoms with Crippen LogP contribution in [0.3, 0.4) is 0 Å². The van der Waals surface area contributed by atoms with Crippen LogP contribution < -0.4 is 15.5 Å². The van der Waals surface area contributed by atoms with Gasteiger partial charge in [-0.3, -0.25) is 15.0 Å². The zero-order valence-electron chi connectivity index (χ0n) is 15.6. The van der Waals surface area contributed by atoms with Crippen LogP contribution >= 0.6 is 0 Å². The monoisotopic (exact) mass is 386 g/mol. The SMILES string of the molecule is CC(C)NC(=O)NC(=O)[C@@H](C)N1CCN(c2cccc(C(F)(F)F)c2)CC1. The summed E-state index contributed by atoms with van der Waals surface area (Å²) < 4.78 is 38.6. The van der Waals surface area contributed by atoms with E-state index in [4.69, 9.17) is 0 Å². The number of imide groups is 1. The molecule has 3 amide bonds. The third-order valence-corrected chi connectivity index (χ3v) is 4.44. The van der Waals surface area contributed by atoms with Gasteiger partial charge in [0, 0.05) is 37.9 Å². The van der Waals surface area contributed by atoms with Crippen molar-refractivity contribution in [3.8, 4) is 0 Å². The number of alkyl halides is 3. The van der Waals surface area contributed by atoms with Crippen molar-refractivity contribution in [3.05, 3.63) is 29.8 Å². The molecule has 0 aromatic heterocycles. The topological polar surface area (TPSA) is 64.7 Å². The standard InChI is InChI=1S/C18H25F3N4O2/c1-12(2)22-17(27)23-16(26)13(3)24-7-9-25(10-8-24)15-6-4-5-14(11-15)18(19,20)21/h4-6,11-13H,7-10H2,1-3H3,(H2,22,23,26,27)/t13-/m1/s1. The average molecular weight is 386 g/mol. The van der Waals surface area contributed by atoms with E-state index in [0.29, 0.717) is 31.9 Å². The molecule has 1 atom stereocenters. The molecule has 2 N–H and O–H groups in total. The van der Waals surface area contributed by atoms with Gasteiger partial charge in [0.25, 0.3) is 0 Å². The molecule has 1 aliphatic heterocycles. The van der Waals surface area contributed by atoms with Crippen LogP contribution in [-0.4, -0.2) is 55.1 Å². The van der Waals surface area contributed by atoms with Gasteiger partial charge in [-0.25, -0.2) is 4.79 Å². The summed E-state index contributed by atoms with van der Waals surface area (Å²) in [5.74, 6) is -0.402. The van der Waals surface area contributed by atoms with Crippen molar-refractivity contribution >= 4 is 17.6 Å². The zero-order valence-corrected chi connectivity index (χ0v) is 15.6. The summed E-state index contributed by atoms with van der Waals surface area (Å²) in [6.45, 7) is 7.31. The molecule has 1 saturated heterocycles. The maximum Gasteiger partial charge on any atom is 0.416 e. The minimum atomic E-state index is -4.37. The Morgan fingerprint density at radius 1 is 1.07 bits per heavy atom. The summed E-state index contributed by atoms with van der Waals surface area (Å²) >= 11 is 0. The number of rotatable bonds is 4. The second-order valence-corrected chi connectivity index (χ2v) is 6.86. The van der Waals surface area contributed by atoms with E-state index in [-0.39, 0.29) is 6.04 Å². The van der Waals surface area contributed by atoms with Crippen molar-refractivity contribution in [3.63, 3.8) is 0 Å². The molecule has 1 aromatic rings. The largest absolute Gasteiger partial charge is 0.416 e. The Morgan fingerprint density at radius 2 is 1.70 bits per heavy atom. The van der Waals surface area contributed by atoms with E-state index in [9.17, 15) is 22.8 Å². The number of benzene rings is 1. The van der Waals surface area contributed by atoms with Crippen LogP contribution in [0.4, 0.5) is 23.7 Å². The first-order valence-electron chi connectivity index (χ1n) is 8.85. The molecule has 2 rings (SSSR count). The van der Waals surface area contributed by atoms with E-state index in [2.05, 4.69) is 10.6 Å². The van der Waals surface area contributed by atoms with E-state index in [1.54, 1.807) is 26.8 Å². The first kappa shape index (κ1) is 21.0. The minimum Gasteiger partial charge on any atom is -0.369 e. The maximum absolute atomic E-state index is 12.9. The fourth-order valence-corrected chi connectivity index (χ4v) is 2.93. The Labute approximate surface area is 156 Å². The fraction of sp³-hybridized carbons (Fsp3) is 0.556. The number of piperazine rings is 1. The number of hydrogen-bond donors (Lipinski definition) is 2. The Morgan fingerprint density at radius 3 is 2.26 bits per heavy atom. The summed E-state index contributed by atoms with van der Waals surface area (Å²) in [5.41, 5.74) is -0.163. The lowest BCUT2D eigenvalue weighted by Gasteiger charge is -2.38. The molecule has 6 nitrogen and oxygen atoms in total. The van der Waals surface area contributed by atoms with Crippen LogP contribution in [0.2, 0.25) is 0 Å². The smallest absolute Gasteiger partial charge is 0.369 e. The van der Waals surface area contributed by atoms with E-state index < -0.39 is 29.7 Å². The van der Waals surface area contributed by atoms with Crippen LogP contribution in [0, 0.1) is 0 Å². The first-order valence-corrected chi connectivity index (χ1v) is 8.85. The number of amides is 3. The van der Waals surface area contributed by atoms with Crippen molar-refractivity contribution in [2.45, 2.75) is 39.0 Å². The lowest BCUT2D eigenvalue weighted by atomic mass is 10.1. The lowest BCUT2D eigenvalue weighted by Crippen LogP contribution is -2.55. The summed E-state index contributed by atoms with van der Waals surface area (Å²) in [7, 11) is 0. The van der Waals surface area contributed by atoms with Gasteiger partial charge in [-0.1, -0.05) is 6.07 Å². The molecule has 0 spiro atoms. The van der Waals surface area contributed by atoms with Crippen LogP contribution in [0.25, 0.3) is 0 Å². The number of nitrogens with one attached hydrogen (secondary N) is 2. The highest BCUT2D eigenvalue weighted by Crippen LogP contribution is 2.31. The number of urea groups is 1. The molecular formula is C18H25F3N4O2. The molecule has 0 unspecified atom stereocenters. The zero-order chi connectivity index (χ0) is 20.2. The van der Waals surface area contributed by atoms with E-state index in [1.807, 2.05) is 9.80 Å². The Kier molecular flexibility index (Phi) is 6.69. The first-order chi connectivity index (χ1) is 12.6. The van der Waals surface area contributed by atoms with Gasteiger partial charge in [0.15, 0.2) is 0 Å². The van der Waals surface area contributed by atoms with Crippen LogP contribution in [0.15, 0.2) is 24.3 Å². The molecule has 0 aliphatic carbocycles. The van der Waals surface area contributed by atoms with Gasteiger partial charge in [-0.2, -0.15) is 13.2 Å². The van der Waals surface area contributed by atoms with E-state index in [1.165, 1.54) is 6.07 Å². The van der Waals surface area contributed by atoms with Gasteiger partial charge in [-0.15, -0.1) is 0 Å². The van der Waals surface area contributed by atoms with Crippen molar-refractivity contribution in [1.29, 1.82) is 0 Å². The lowest BCUT2D eigenvalue weighted by molar-refractivity contribution is -0.137. The van der Waals surface area contributed by atoms with E-state index >= 15 is 0 Å². The van der Waals surface area contributed by atoms with Crippen molar-refractivity contribution in [2.75, 3.05) is 31.1 Å². The quantitative estimate of drug-likeness (QED) is 0.834. The molecule has 1 heterocycles. The normalized spacial score (nSPS) is 16.9. The molecule has 9 heteroatoms. The number of nitrogens with zero attached hydrogens (tertiary/aromatic N) is 2. The molecule has 1 fully saturated rings. The predicted molar refractivity (Wildman–Crippen MR) is 96.5 cm³/mol. The number of carbonyl (C=O) groups is 2. The summed E-state index contributed by atoms with van der Waals surface area (Å²) in [6, 6.07) is 4.11. The maximum atomic E-state index is 12.9. The van der Waals surface area contributed by atoms with Crippen LogP contribution in [0.1, 0.15) is 26.3 Å². The third kappa shape index (κ3) is 5.85. The second kappa shape index (κ2) is 8.60. The molecule has 1 aliphatic rings. The van der Waals surface area contributed by atoms with Gasteiger partial charge in [0.2, 0.25) is 5.91 Å². The van der Waals surface area contributed by atoms with E-state index in [0.717, 1.165) is 12.1 Å². The fourth-order valence-electron chi connectivity index (χ4n) is 2.93. The number of halogens is 3. The van der Waals surface area contributed by atoms with Gasteiger partial charge in [0.05, 0.1) is 11.6 Å². The molecule has 27 heavy (non-hydrogen) atoms. The van der Waals surface area contributed by atoms with Gasteiger partial charge in [0.1, 0.15) is 0 Å². The highest BCUT2D eigenvalue weighted by atomic mass is 19.4. The Balaban J connectivity index is 1.91. The minimum absolute atomic E-state index is 0.0795. The van der Waals surface area contributed by atoms with Gasteiger partial charge in [-0.05, 0) is 39.0 Å².